The third-order valence-corrected chi connectivity index (χ3v) is 6.47. The van der Waals surface area contributed by atoms with Crippen LogP contribution in [-0.4, -0.2) is 27.7 Å². The van der Waals surface area contributed by atoms with E-state index in [1.54, 1.807) is 43.2 Å². The number of thioether (sulfide) groups is 1. The number of rotatable bonds is 8. The van der Waals surface area contributed by atoms with E-state index in [1.807, 2.05) is 12.1 Å². The molecule has 0 radical (unpaired) electrons. The number of hydrogen-bond acceptors (Lipinski definition) is 6. The second-order valence-electron chi connectivity index (χ2n) is 6.63. The van der Waals surface area contributed by atoms with Gasteiger partial charge < -0.3 is 9.30 Å². The Morgan fingerprint density at radius 2 is 2.19 bits per heavy atom. The molecule has 0 N–H and O–H groups in total. The van der Waals surface area contributed by atoms with Gasteiger partial charge in [-0.25, -0.2) is 0 Å². The van der Waals surface area contributed by atoms with Gasteiger partial charge in [0.2, 0.25) is 0 Å². The number of aromatic nitrogens is 3. The highest BCUT2D eigenvalue weighted by atomic mass is 32.2. The van der Waals surface area contributed by atoms with Crippen molar-refractivity contribution in [1.29, 1.82) is 0 Å². The van der Waals surface area contributed by atoms with E-state index in [4.69, 9.17) is 4.74 Å². The highest BCUT2D eigenvalue weighted by molar-refractivity contribution is 7.98. The average molecular weight is 400 g/mol. The molecule has 1 saturated carbocycles. The van der Waals surface area contributed by atoms with E-state index in [1.165, 1.54) is 17.7 Å². The molecule has 1 aliphatic rings. The fourth-order valence-electron chi connectivity index (χ4n) is 3.05. The van der Waals surface area contributed by atoms with Gasteiger partial charge in [-0.05, 0) is 49.4 Å². The second-order valence-corrected chi connectivity index (χ2v) is 8.60. The third kappa shape index (κ3) is 4.09. The molecule has 4 rings (SSSR count). The number of carbonyl (C=O) groups is 1. The van der Waals surface area contributed by atoms with Crippen LogP contribution in [0.5, 0.6) is 5.75 Å². The van der Waals surface area contributed by atoms with E-state index in [0.717, 1.165) is 28.7 Å². The fourth-order valence-corrected chi connectivity index (χ4v) is 4.75. The molecule has 27 heavy (non-hydrogen) atoms. The molecule has 5 nitrogen and oxygen atoms in total. The number of methoxy groups -OCH3 is 1. The van der Waals surface area contributed by atoms with Crippen molar-refractivity contribution in [1.82, 2.24) is 14.8 Å². The summed E-state index contributed by atoms with van der Waals surface area (Å²) in [7, 11) is 1.66. The normalized spacial score (nSPS) is 13.7. The number of ketones is 1. The molecule has 2 aromatic heterocycles. The summed E-state index contributed by atoms with van der Waals surface area (Å²) >= 11 is 3.40. The van der Waals surface area contributed by atoms with Crippen LogP contribution in [0.4, 0.5) is 0 Å². The van der Waals surface area contributed by atoms with Crippen molar-refractivity contribution in [2.75, 3.05) is 7.11 Å². The Kier molecular flexibility index (Phi) is 5.31. The van der Waals surface area contributed by atoms with Gasteiger partial charge in [0, 0.05) is 34.2 Å². The molecule has 0 unspecified atom stereocenters. The Hall–Kier alpha value is -2.12. The van der Waals surface area contributed by atoms with Crippen molar-refractivity contribution in [3.8, 4) is 5.75 Å². The summed E-state index contributed by atoms with van der Waals surface area (Å²) in [5, 5.41) is 12.0. The van der Waals surface area contributed by atoms with Gasteiger partial charge in [0.15, 0.2) is 10.9 Å². The summed E-state index contributed by atoms with van der Waals surface area (Å²) < 4.78 is 7.77. The minimum atomic E-state index is 0.0586. The van der Waals surface area contributed by atoms with Crippen molar-refractivity contribution in [2.45, 2.75) is 43.1 Å². The molecule has 0 spiro atoms. The van der Waals surface area contributed by atoms with E-state index < -0.39 is 0 Å². The standard InChI is InChI=1S/C20H21N3O2S2/c1-13(24)14-5-8-18(25-2)15(10-14)12-27-20-22-21-19(23(20)16-6-7-16)11-17-4-3-9-26-17/h3-5,8-10,16H,6-7,11-12H2,1-2H3. The zero-order valence-corrected chi connectivity index (χ0v) is 17.0. The summed E-state index contributed by atoms with van der Waals surface area (Å²) in [5.41, 5.74) is 1.70. The molecule has 2 heterocycles. The number of carbonyl (C=O) groups excluding carboxylic acids is 1. The number of thiophene rings is 1. The summed E-state index contributed by atoms with van der Waals surface area (Å²) in [6.45, 7) is 1.58. The third-order valence-electron chi connectivity index (χ3n) is 4.60. The first kappa shape index (κ1) is 18.3. The maximum Gasteiger partial charge on any atom is 0.191 e. The van der Waals surface area contributed by atoms with Crippen molar-refractivity contribution in [2.24, 2.45) is 0 Å². The van der Waals surface area contributed by atoms with Gasteiger partial charge in [-0.3, -0.25) is 4.79 Å². The molecule has 0 atom stereocenters. The lowest BCUT2D eigenvalue weighted by molar-refractivity contribution is 0.101. The summed E-state index contributed by atoms with van der Waals surface area (Å²) in [6, 6.07) is 10.3. The van der Waals surface area contributed by atoms with Gasteiger partial charge in [-0.15, -0.1) is 21.5 Å². The van der Waals surface area contributed by atoms with E-state index in [2.05, 4.69) is 32.3 Å². The largest absolute Gasteiger partial charge is 0.496 e. The van der Waals surface area contributed by atoms with Crippen LogP contribution in [0.1, 0.15) is 52.4 Å². The molecule has 0 bridgehead atoms. The van der Waals surface area contributed by atoms with Gasteiger partial charge >= 0.3 is 0 Å². The van der Waals surface area contributed by atoms with Crippen molar-refractivity contribution < 1.29 is 9.53 Å². The topological polar surface area (TPSA) is 57.0 Å². The number of nitrogens with zero attached hydrogens (tertiary/aromatic N) is 3. The Morgan fingerprint density at radius 1 is 1.33 bits per heavy atom. The predicted octanol–water partition coefficient (Wildman–Crippen LogP) is 4.77. The number of benzene rings is 1. The molecular weight excluding hydrogens is 378 g/mol. The van der Waals surface area contributed by atoms with Crippen LogP contribution in [0.15, 0.2) is 40.9 Å². The van der Waals surface area contributed by atoms with Gasteiger partial charge in [0.25, 0.3) is 0 Å². The minimum absolute atomic E-state index is 0.0586. The van der Waals surface area contributed by atoms with Crippen LogP contribution in [0.3, 0.4) is 0 Å². The molecule has 1 aromatic carbocycles. The van der Waals surface area contributed by atoms with Crippen molar-refractivity contribution >= 4 is 28.9 Å². The lowest BCUT2D eigenvalue weighted by Gasteiger charge is -2.11. The zero-order chi connectivity index (χ0) is 18.8. The lowest BCUT2D eigenvalue weighted by atomic mass is 10.1. The van der Waals surface area contributed by atoms with Crippen molar-refractivity contribution in [3.05, 3.63) is 57.5 Å². The fraction of sp³-hybridized carbons (Fsp3) is 0.350. The summed E-state index contributed by atoms with van der Waals surface area (Å²) in [4.78, 5) is 13.0. The first-order chi connectivity index (χ1) is 13.2. The van der Waals surface area contributed by atoms with Crippen LogP contribution < -0.4 is 4.74 Å². The number of hydrogen-bond donors (Lipinski definition) is 0. The lowest BCUT2D eigenvalue weighted by Crippen LogP contribution is -2.03. The quantitative estimate of drug-likeness (QED) is 0.403. The summed E-state index contributed by atoms with van der Waals surface area (Å²) in [5.74, 6) is 2.58. The Bertz CT molecular complexity index is 946. The van der Waals surface area contributed by atoms with Crippen LogP contribution in [0, 0.1) is 0 Å². The van der Waals surface area contributed by atoms with E-state index in [9.17, 15) is 4.79 Å². The molecule has 1 fully saturated rings. The highest BCUT2D eigenvalue weighted by Gasteiger charge is 2.29. The van der Waals surface area contributed by atoms with Crippen LogP contribution in [0.25, 0.3) is 0 Å². The highest BCUT2D eigenvalue weighted by Crippen LogP contribution is 2.40. The maximum absolute atomic E-state index is 11.7. The van der Waals surface area contributed by atoms with Gasteiger partial charge in [-0.1, -0.05) is 17.8 Å². The molecule has 0 amide bonds. The maximum atomic E-state index is 11.7. The SMILES string of the molecule is COc1ccc(C(C)=O)cc1CSc1nnc(Cc2cccs2)n1C1CC1. The molecule has 0 saturated heterocycles. The van der Waals surface area contributed by atoms with Crippen LogP contribution in [-0.2, 0) is 12.2 Å². The zero-order valence-electron chi connectivity index (χ0n) is 15.3. The number of ether oxygens (including phenoxy) is 1. The monoisotopic (exact) mass is 399 g/mol. The first-order valence-corrected chi connectivity index (χ1v) is 10.8. The summed E-state index contributed by atoms with van der Waals surface area (Å²) in [6.07, 6.45) is 3.20. The second kappa shape index (κ2) is 7.86. The Labute approximate surface area is 166 Å². The van der Waals surface area contributed by atoms with E-state index in [-0.39, 0.29) is 5.78 Å². The molecular formula is C20H21N3O2S2. The van der Waals surface area contributed by atoms with Crippen LogP contribution in [0.2, 0.25) is 0 Å². The first-order valence-electron chi connectivity index (χ1n) is 8.92. The number of Topliss-reactive ketones (excluding diaryl/α,β-unsaturated/α-hetero) is 1. The smallest absolute Gasteiger partial charge is 0.191 e. The van der Waals surface area contributed by atoms with E-state index >= 15 is 0 Å². The molecule has 3 aromatic rings. The molecule has 140 valence electrons. The predicted molar refractivity (Wildman–Crippen MR) is 108 cm³/mol. The Balaban J connectivity index is 1.56. The molecule has 1 aliphatic carbocycles. The average Bonchev–Trinajstić information content (AvgIpc) is 3.22. The molecule has 0 aliphatic heterocycles. The molecule has 7 heteroatoms. The van der Waals surface area contributed by atoms with Crippen LogP contribution >= 0.6 is 23.1 Å². The Morgan fingerprint density at radius 3 is 2.85 bits per heavy atom. The van der Waals surface area contributed by atoms with Gasteiger partial charge in [0.1, 0.15) is 11.6 Å². The van der Waals surface area contributed by atoms with Gasteiger partial charge in [-0.2, -0.15) is 0 Å². The van der Waals surface area contributed by atoms with Crippen molar-refractivity contribution in [3.63, 3.8) is 0 Å². The minimum Gasteiger partial charge on any atom is -0.496 e. The van der Waals surface area contributed by atoms with E-state index in [0.29, 0.717) is 17.4 Å². The van der Waals surface area contributed by atoms with Gasteiger partial charge in [0.05, 0.1) is 7.11 Å².